The van der Waals surface area contributed by atoms with Gasteiger partial charge in [-0.3, -0.25) is 0 Å². The Morgan fingerprint density at radius 2 is 0.625 bits per heavy atom. The zero-order chi connectivity index (χ0) is 35.0. The first-order valence-electron chi connectivity index (χ1n) is 20.5. The van der Waals surface area contributed by atoms with Gasteiger partial charge in [-0.1, -0.05) is 20.8 Å². The van der Waals surface area contributed by atoms with E-state index in [9.17, 15) is 14.4 Å². The van der Waals surface area contributed by atoms with E-state index in [2.05, 4.69) is 20.8 Å². The van der Waals surface area contributed by atoms with Gasteiger partial charge in [-0.2, -0.15) is 0 Å². The SMILES string of the molecule is CCCCCCCCCCCC(=O)[O][Sn]([O]C(=O)CCCCCCCCCCC)([O]C(=O)CCCCCCCCCCC)[CH]1C=CC=C1. The van der Waals surface area contributed by atoms with Crippen LogP contribution in [0.4, 0.5) is 0 Å². The first-order chi connectivity index (χ1) is 23.5. The molecule has 7 heteroatoms. The van der Waals surface area contributed by atoms with Crippen molar-refractivity contribution >= 4 is 37.5 Å². The third-order valence-corrected chi connectivity index (χ3v) is 17.2. The molecule has 1 aliphatic carbocycles. The van der Waals surface area contributed by atoms with Gasteiger partial charge in [-0.25, -0.2) is 0 Å². The molecule has 0 amide bonds. The van der Waals surface area contributed by atoms with E-state index in [4.69, 9.17) is 9.22 Å². The van der Waals surface area contributed by atoms with Gasteiger partial charge in [-0.05, 0) is 0 Å². The summed E-state index contributed by atoms with van der Waals surface area (Å²) in [5, 5.41) is 0. The molecule has 0 fully saturated rings. The second kappa shape index (κ2) is 31.7. The van der Waals surface area contributed by atoms with Crippen molar-refractivity contribution in [1.29, 1.82) is 0 Å². The summed E-state index contributed by atoms with van der Waals surface area (Å²) in [6.07, 6.45) is 39.3. The molecule has 0 radical (unpaired) electrons. The molecule has 6 nitrogen and oxygen atoms in total. The van der Waals surface area contributed by atoms with E-state index < -0.39 is 41.5 Å². The molecule has 0 heterocycles. The maximum absolute atomic E-state index is 13.2. The predicted octanol–water partition coefficient (Wildman–Crippen LogP) is 12.8. The molecule has 278 valence electrons. The molecule has 0 N–H and O–H groups in total. The molecule has 0 aromatic carbocycles. The van der Waals surface area contributed by atoms with Crippen molar-refractivity contribution in [3.05, 3.63) is 24.3 Å². The van der Waals surface area contributed by atoms with E-state index in [0.29, 0.717) is 0 Å². The average Bonchev–Trinajstić information content (AvgIpc) is 3.62. The first-order valence-corrected chi connectivity index (χ1v) is 25.6. The second-order valence-corrected chi connectivity index (χ2v) is 21.2. The summed E-state index contributed by atoms with van der Waals surface area (Å²) >= 11 is -5.06. The maximum atomic E-state index is 13.2. The van der Waals surface area contributed by atoms with Crippen LogP contribution < -0.4 is 0 Å². The number of hydrogen-bond donors (Lipinski definition) is 0. The van der Waals surface area contributed by atoms with E-state index >= 15 is 0 Å². The molecular weight excluding hydrogens is 707 g/mol. The average molecular weight is 782 g/mol. The van der Waals surface area contributed by atoms with Crippen molar-refractivity contribution < 1.29 is 23.6 Å². The van der Waals surface area contributed by atoms with Crippen molar-refractivity contribution in [3.8, 4) is 0 Å². The zero-order valence-corrected chi connectivity index (χ0v) is 34.4. The van der Waals surface area contributed by atoms with Crippen LogP contribution in [0, 0.1) is 0 Å². The van der Waals surface area contributed by atoms with Gasteiger partial charge >= 0.3 is 282 Å². The molecule has 0 spiro atoms. The summed E-state index contributed by atoms with van der Waals surface area (Å²) < 4.78 is 17.8. The third kappa shape index (κ3) is 23.9. The van der Waals surface area contributed by atoms with Crippen molar-refractivity contribution in [3.63, 3.8) is 0 Å². The molecule has 0 aromatic heterocycles. The monoisotopic (exact) mass is 782 g/mol. The molecule has 48 heavy (non-hydrogen) atoms. The van der Waals surface area contributed by atoms with Gasteiger partial charge in [0, 0.05) is 0 Å². The van der Waals surface area contributed by atoms with Crippen molar-refractivity contribution in [2.24, 2.45) is 0 Å². The van der Waals surface area contributed by atoms with Crippen LogP contribution >= 0.6 is 0 Å². The predicted molar refractivity (Wildman–Crippen MR) is 202 cm³/mol. The molecule has 1 rings (SSSR count). The summed E-state index contributed by atoms with van der Waals surface area (Å²) in [6, 6.07) is 0. The van der Waals surface area contributed by atoms with Gasteiger partial charge in [0.25, 0.3) is 0 Å². The Morgan fingerprint density at radius 1 is 0.396 bits per heavy atom. The van der Waals surface area contributed by atoms with Crippen LogP contribution in [0.2, 0.25) is 3.93 Å². The van der Waals surface area contributed by atoms with E-state index in [-0.39, 0.29) is 19.3 Å². The standard InChI is InChI=1S/3C12H24O2.C5H5.Sn/c3*1-2-3-4-5-6-7-8-9-10-11-12(13)14;1-2-4-5-3-1;/h3*2-11H2,1H3,(H,13,14);1-5H;/q;;;;+3/p-3. The molecular formula is C41H74O6Sn. The normalized spacial score (nSPS) is 12.9. The molecule has 0 aromatic rings. The van der Waals surface area contributed by atoms with Crippen LogP contribution in [0.5, 0.6) is 0 Å². The van der Waals surface area contributed by atoms with E-state index in [1.54, 1.807) is 0 Å². The van der Waals surface area contributed by atoms with E-state index in [0.717, 1.165) is 57.8 Å². The number of rotatable bonds is 34. The molecule has 1 aliphatic rings. The van der Waals surface area contributed by atoms with E-state index in [1.807, 2.05) is 24.3 Å². The summed E-state index contributed by atoms with van der Waals surface area (Å²) in [6.45, 7) is 6.69. The molecule has 0 saturated carbocycles. The van der Waals surface area contributed by atoms with E-state index in [1.165, 1.54) is 116 Å². The van der Waals surface area contributed by atoms with Gasteiger partial charge in [0.05, 0.1) is 0 Å². The number of allylic oxidation sites excluding steroid dienone is 4. The Balaban J connectivity index is 2.71. The number of carbonyl (C=O) groups is 3. The Bertz CT molecular complexity index is 769. The fourth-order valence-electron chi connectivity index (χ4n) is 6.30. The third-order valence-electron chi connectivity index (χ3n) is 9.38. The van der Waals surface area contributed by atoms with Gasteiger partial charge in [-0.15, -0.1) is 0 Å². The molecule has 0 unspecified atom stereocenters. The van der Waals surface area contributed by atoms with Crippen molar-refractivity contribution in [2.45, 2.75) is 217 Å². The van der Waals surface area contributed by atoms with Crippen LogP contribution in [0.25, 0.3) is 0 Å². The summed E-state index contributed by atoms with van der Waals surface area (Å²) in [5.74, 6) is -1.22. The number of hydrogen-bond acceptors (Lipinski definition) is 6. The first kappa shape index (κ1) is 44.7. The molecule has 0 saturated heterocycles. The molecule has 0 aliphatic heterocycles. The van der Waals surface area contributed by atoms with Crippen LogP contribution in [0.3, 0.4) is 0 Å². The molecule has 0 bridgehead atoms. The quantitative estimate of drug-likeness (QED) is 0.0478. The Hall–Kier alpha value is -1.31. The minimum absolute atomic E-state index is 0.250. The van der Waals surface area contributed by atoms with Gasteiger partial charge in [0.1, 0.15) is 0 Å². The number of carbonyl (C=O) groups excluding carboxylic acids is 3. The Morgan fingerprint density at radius 3 is 0.875 bits per heavy atom. The van der Waals surface area contributed by atoms with Crippen LogP contribution in [-0.2, 0) is 23.6 Å². The second-order valence-electron chi connectivity index (χ2n) is 14.1. The number of unbranched alkanes of at least 4 members (excludes halogenated alkanes) is 24. The molecule has 0 atom stereocenters. The van der Waals surface area contributed by atoms with Gasteiger partial charge in [0.2, 0.25) is 0 Å². The van der Waals surface area contributed by atoms with Gasteiger partial charge < -0.3 is 0 Å². The topological polar surface area (TPSA) is 78.9 Å². The van der Waals surface area contributed by atoms with Crippen molar-refractivity contribution in [2.75, 3.05) is 0 Å². The van der Waals surface area contributed by atoms with Crippen molar-refractivity contribution in [1.82, 2.24) is 0 Å². The minimum atomic E-state index is -5.06. The van der Waals surface area contributed by atoms with Crippen LogP contribution in [0.15, 0.2) is 24.3 Å². The fraction of sp³-hybridized carbons (Fsp3) is 0.829. The van der Waals surface area contributed by atoms with Gasteiger partial charge in [0.15, 0.2) is 0 Å². The fourth-order valence-corrected chi connectivity index (χ4v) is 13.4. The summed E-state index contributed by atoms with van der Waals surface area (Å²) in [7, 11) is 0. The Kier molecular flexibility index (Phi) is 29.5. The zero-order valence-electron chi connectivity index (χ0n) is 31.5. The summed E-state index contributed by atoms with van der Waals surface area (Å²) in [5.41, 5.74) is 0. The summed E-state index contributed by atoms with van der Waals surface area (Å²) in [4.78, 5) is 39.7. The van der Waals surface area contributed by atoms with Crippen LogP contribution in [0.1, 0.15) is 213 Å². The van der Waals surface area contributed by atoms with Crippen LogP contribution in [-0.4, -0.2) is 37.5 Å². The Labute approximate surface area is 301 Å².